The molecule has 0 saturated carbocycles. The quantitative estimate of drug-likeness (QED) is 0.129. The van der Waals surface area contributed by atoms with Gasteiger partial charge in [0.2, 0.25) is 0 Å². The lowest BCUT2D eigenvalue weighted by molar-refractivity contribution is 0.124. The molecule has 0 N–H and O–H groups in total. The molecule has 0 aliphatic rings. The first-order valence-electron chi connectivity index (χ1n) is 11.0. The fraction of sp³-hybridized carbons (Fsp3) is 0.909. The molecular formula is C22H46O3Si. The highest BCUT2D eigenvalue weighted by molar-refractivity contribution is 6.65. The highest BCUT2D eigenvalue weighted by atomic mass is 28.4. The van der Waals surface area contributed by atoms with Crippen LogP contribution in [0.2, 0.25) is 6.55 Å². The van der Waals surface area contributed by atoms with Gasteiger partial charge in [0, 0.05) is 20.8 Å². The Morgan fingerprint density at radius 3 is 1.62 bits per heavy atom. The molecule has 0 atom stereocenters. The first-order valence-corrected chi connectivity index (χ1v) is 13.5. The Morgan fingerprint density at radius 1 is 0.654 bits per heavy atom. The molecule has 0 rings (SSSR count). The van der Waals surface area contributed by atoms with E-state index in [2.05, 4.69) is 19.1 Å². The molecule has 4 heteroatoms. The van der Waals surface area contributed by atoms with E-state index in [0.717, 1.165) is 13.0 Å². The van der Waals surface area contributed by atoms with E-state index < -0.39 is 8.56 Å². The molecule has 0 amide bonds. The van der Waals surface area contributed by atoms with Crippen molar-refractivity contribution in [1.29, 1.82) is 0 Å². The summed E-state index contributed by atoms with van der Waals surface area (Å²) < 4.78 is 16.5. The van der Waals surface area contributed by atoms with Gasteiger partial charge in [-0.25, -0.2) is 0 Å². The Hall–Kier alpha value is -0.163. The molecule has 0 aromatic carbocycles. The molecular weight excluding hydrogens is 340 g/mol. The monoisotopic (exact) mass is 386 g/mol. The molecule has 156 valence electrons. The second-order valence-electron chi connectivity index (χ2n) is 7.53. The van der Waals surface area contributed by atoms with Crippen molar-refractivity contribution in [3.05, 3.63) is 12.2 Å². The van der Waals surface area contributed by atoms with Crippen molar-refractivity contribution in [2.24, 2.45) is 0 Å². The van der Waals surface area contributed by atoms with Crippen LogP contribution in [0.5, 0.6) is 0 Å². The summed E-state index contributed by atoms with van der Waals surface area (Å²) >= 11 is 0. The second kappa shape index (κ2) is 19.6. The van der Waals surface area contributed by atoms with E-state index in [1.807, 2.05) is 6.55 Å². The van der Waals surface area contributed by atoms with Crippen LogP contribution in [0, 0.1) is 0 Å². The summed E-state index contributed by atoms with van der Waals surface area (Å²) in [6.07, 6.45) is 24.1. The number of rotatable bonds is 20. The highest BCUT2D eigenvalue weighted by Gasteiger charge is 2.28. The standard InChI is InChI=1S/C22H46O3Si/c1-5-6-7-8-9-10-11-12-13-14-15-16-17-18-19-20-21-25-22-26(4,23-2)24-3/h12-13H,5-11,14-22H2,1-4H3/b13-12-. The lowest BCUT2D eigenvalue weighted by Crippen LogP contribution is -2.42. The number of unbranched alkanes of at least 4 members (excludes halogenated alkanes) is 12. The topological polar surface area (TPSA) is 27.7 Å². The summed E-state index contributed by atoms with van der Waals surface area (Å²) in [5, 5.41) is 0. The van der Waals surface area contributed by atoms with Gasteiger partial charge < -0.3 is 13.6 Å². The molecule has 0 spiro atoms. The summed E-state index contributed by atoms with van der Waals surface area (Å²) in [6.45, 7) is 5.14. The van der Waals surface area contributed by atoms with Crippen molar-refractivity contribution < 1.29 is 13.6 Å². The van der Waals surface area contributed by atoms with Gasteiger partial charge in [-0.05, 0) is 38.7 Å². The zero-order valence-electron chi connectivity index (χ0n) is 18.2. The van der Waals surface area contributed by atoms with Crippen LogP contribution in [0.25, 0.3) is 0 Å². The first kappa shape index (κ1) is 25.8. The summed E-state index contributed by atoms with van der Waals surface area (Å²) in [6, 6.07) is 0. The fourth-order valence-electron chi connectivity index (χ4n) is 2.91. The minimum absolute atomic E-state index is 0.630. The van der Waals surface area contributed by atoms with Crippen LogP contribution in [0.1, 0.15) is 96.8 Å². The molecule has 0 unspecified atom stereocenters. The lowest BCUT2D eigenvalue weighted by Gasteiger charge is -2.22. The van der Waals surface area contributed by atoms with Gasteiger partial charge in [0.05, 0.1) is 6.23 Å². The molecule has 3 nitrogen and oxygen atoms in total. The van der Waals surface area contributed by atoms with Crippen molar-refractivity contribution in [2.75, 3.05) is 27.1 Å². The number of hydrogen-bond donors (Lipinski definition) is 0. The van der Waals surface area contributed by atoms with Crippen molar-refractivity contribution in [1.82, 2.24) is 0 Å². The van der Waals surface area contributed by atoms with Gasteiger partial charge in [0.15, 0.2) is 0 Å². The fourth-order valence-corrected chi connectivity index (χ4v) is 3.83. The molecule has 0 bridgehead atoms. The van der Waals surface area contributed by atoms with E-state index >= 15 is 0 Å². The van der Waals surface area contributed by atoms with E-state index in [-0.39, 0.29) is 0 Å². The smallest absolute Gasteiger partial charge is 0.361 e. The lowest BCUT2D eigenvalue weighted by atomic mass is 10.1. The predicted octanol–water partition coefficient (Wildman–Crippen LogP) is 6.94. The predicted molar refractivity (Wildman–Crippen MR) is 116 cm³/mol. The summed E-state index contributed by atoms with van der Waals surface area (Å²) in [5.74, 6) is 0. The summed E-state index contributed by atoms with van der Waals surface area (Å²) in [7, 11) is 1.39. The van der Waals surface area contributed by atoms with Gasteiger partial charge in [-0.1, -0.05) is 76.9 Å². The Balaban J connectivity index is 3.21. The average molecular weight is 387 g/mol. The molecule has 0 aromatic heterocycles. The van der Waals surface area contributed by atoms with Gasteiger partial charge >= 0.3 is 8.56 Å². The van der Waals surface area contributed by atoms with Gasteiger partial charge in [0.25, 0.3) is 0 Å². The van der Waals surface area contributed by atoms with Crippen molar-refractivity contribution in [3.8, 4) is 0 Å². The maximum atomic E-state index is 5.70. The van der Waals surface area contributed by atoms with E-state index in [4.69, 9.17) is 13.6 Å². The van der Waals surface area contributed by atoms with Crippen LogP contribution in [-0.2, 0) is 13.6 Å². The summed E-state index contributed by atoms with van der Waals surface area (Å²) in [4.78, 5) is 0. The van der Waals surface area contributed by atoms with Gasteiger partial charge in [0.1, 0.15) is 0 Å². The minimum atomic E-state index is -2.04. The number of allylic oxidation sites excluding steroid dienone is 2. The third-order valence-corrected chi connectivity index (χ3v) is 7.48. The normalized spacial score (nSPS) is 12.3. The Morgan fingerprint density at radius 2 is 1.12 bits per heavy atom. The summed E-state index contributed by atoms with van der Waals surface area (Å²) in [5.41, 5.74) is 0. The minimum Gasteiger partial charge on any atom is -0.396 e. The van der Waals surface area contributed by atoms with Gasteiger partial charge in [-0.2, -0.15) is 0 Å². The van der Waals surface area contributed by atoms with Crippen LogP contribution in [0.3, 0.4) is 0 Å². The zero-order valence-corrected chi connectivity index (χ0v) is 19.2. The Bertz CT molecular complexity index is 304. The van der Waals surface area contributed by atoms with Crippen LogP contribution in [-0.4, -0.2) is 35.6 Å². The first-order chi connectivity index (χ1) is 12.7. The van der Waals surface area contributed by atoms with Gasteiger partial charge in [-0.3, -0.25) is 0 Å². The van der Waals surface area contributed by atoms with Gasteiger partial charge in [-0.15, -0.1) is 0 Å². The number of ether oxygens (including phenoxy) is 1. The van der Waals surface area contributed by atoms with Crippen LogP contribution < -0.4 is 0 Å². The van der Waals surface area contributed by atoms with Crippen molar-refractivity contribution >= 4 is 8.56 Å². The van der Waals surface area contributed by atoms with E-state index in [1.165, 1.54) is 83.5 Å². The van der Waals surface area contributed by atoms with E-state index in [9.17, 15) is 0 Å². The van der Waals surface area contributed by atoms with E-state index in [0.29, 0.717) is 6.23 Å². The molecule has 0 fully saturated rings. The molecule has 0 heterocycles. The molecule has 0 radical (unpaired) electrons. The third-order valence-electron chi connectivity index (χ3n) is 5.03. The van der Waals surface area contributed by atoms with Crippen LogP contribution in [0.4, 0.5) is 0 Å². The van der Waals surface area contributed by atoms with Crippen molar-refractivity contribution in [2.45, 2.75) is 103 Å². The molecule has 0 aliphatic heterocycles. The molecule has 0 aromatic rings. The van der Waals surface area contributed by atoms with Crippen LogP contribution in [0.15, 0.2) is 12.2 Å². The van der Waals surface area contributed by atoms with E-state index in [1.54, 1.807) is 14.2 Å². The largest absolute Gasteiger partial charge is 0.396 e. The SMILES string of the molecule is CCCCCCCC/C=C\CCCCCCCCOC[Si](C)(OC)OC. The zero-order chi connectivity index (χ0) is 19.3. The van der Waals surface area contributed by atoms with Crippen molar-refractivity contribution in [3.63, 3.8) is 0 Å². The average Bonchev–Trinajstić information content (AvgIpc) is 2.66. The number of hydrogen-bond acceptors (Lipinski definition) is 3. The maximum absolute atomic E-state index is 5.70. The Labute approximate surface area is 165 Å². The Kier molecular flexibility index (Phi) is 19.5. The molecule has 26 heavy (non-hydrogen) atoms. The van der Waals surface area contributed by atoms with Crippen LogP contribution >= 0.6 is 0 Å². The second-order valence-corrected chi connectivity index (χ2v) is 10.9. The maximum Gasteiger partial charge on any atom is 0.361 e. The highest BCUT2D eigenvalue weighted by Crippen LogP contribution is 2.10. The third kappa shape index (κ3) is 17.3. The molecule has 0 aliphatic carbocycles. The molecule has 0 saturated heterocycles.